The van der Waals surface area contributed by atoms with Crippen LogP contribution in [-0.4, -0.2) is 22.8 Å². The smallest absolute Gasteiger partial charge is 0.335 e. The molecule has 0 saturated carbocycles. The number of carbonyl (C=O) groups is 1. The lowest BCUT2D eigenvalue weighted by molar-refractivity contribution is 0.0697. The van der Waals surface area contributed by atoms with Crippen molar-refractivity contribution < 1.29 is 15.0 Å². The van der Waals surface area contributed by atoms with Crippen molar-refractivity contribution in [2.45, 2.75) is 161 Å². The van der Waals surface area contributed by atoms with Crippen LogP contribution in [0.1, 0.15) is 171 Å². The molecule has 0 bridgehead atoms. The molecule has 210 valence electrons. The van der Waals surface area contributed by atoms with E-state index in [0.29, 0.717) is 12.2 Å². The first-order chi connectivity index (χ1) is 17.7. The Morgan fingerprint density at radius 1 is 0.500 bits per heavy atom. The van der Waals surface area contributed by atoms with E-state index in [1.807, 2.05) is 0 Å². The summed E-state index contributed by atoms with van der Waals surface area (Å²) in [6.07, 6.45) is 34.1. The highest BCUT2D eigenvalue weighted by Crippen LogP contribution is 2.15. The van der Waals surface area contributed by atoms with Crippen molar-refractivity contribution in [3.63, 3.8) is 0 Å². The second-order valence-corrected chi connectivity index (χ2v) is 10.5. The van der Waals surface area contributed by atoms with E-state index < -0.39 is 5.97 Å². The van der Waals surface area contributed by atoms with Crippen LogP contribution in [-0.2, 0) is 0 Å². The number of aromatic carboxylic acids is 1. The van der Waals surface area contributed by atoms with Gasteiger partial charge >= 0.3 is 5.97 Å². The molecule has 0 atom stereocenters. The van der Waals surface area contributed by atoms with E-state index in [4.69, 9.17) is 10.2 Å². The van der Waals surface area contributed by atoms with Gasteiger partial charge in [0.2, 0.25) is 0 Å². The van der Waals surface area contributed by atoms with E-state index in [1.165, 1.54) is 148 Å². The molecule has 0 saturated heterocycles. The topological polar surface area (TPSA) is 57.5 Å². The maximum atomic E-state index is 10.2. The maximum absolute atomic E-state index is 10.2. The highest BCUT2D eigenvalue weighted by molar-refractivity contribution is 5.87. The Bertz CT molecular complexity index is 519. The third-order valence-corrected chi connectivity index (χ3v) is 7.03. The van der Waals surface area contributed by atoms with Crippen LogP contribution in [0.4, 0.5) is 0 Å². The molecule has 0 aliphatic heterocycles. The Morgan fingerprint density at radius 2 is 0.778 bits per heavy atom. The van der Waals surface area contributed by atoms with Gasteiger partial charge < -0.3 is 10.2 Å². The molecule has 0 aliphatic rings. The van der Waals surface area contributed by atoms with Crippen molar-refractivity contribution in [3.05, 3.63) is 35.9 Å². The van der Waals surface area contributed by atoms with Gasteiger partial charge in [0.1, 0.15) is 0 Å². The Morgan fingerprint density at radius 3 is 1.00 bits per heavy atom. The summed E-state index contributed by atoms with van der Waals surface area (Å²) < 4.78 is 0. The van der Waals surface area contributed by atoms with E-state index in [2.05, 4.69) is 6.92 Å². The van der Waals surface area contributed by atoms with Gasteiger partial charge in [-0.2, -0.15) is 0 Å². The third-order valence-electron chi connectivity index (χ3n) is 7.03. The number of hydrogen-bond acceptors (Lipinski definition) is 2. The monoisotopic (exact) mass is 504 g/mol. The summed E-state index contributed by atoms with van der Waals surface area (Å²) >= 11 is 0. The Balaban J connectivity index is 0.00000113. The Hall–Kier alpha value is -1.35. The molecular formula is C33H60O3. The van der Waals surface area contributed by atoms with Crippen molar-refractivity contribution in [2.24, 2.45) is 0 Å². The van der Waals surface area contributed by atoms with Gasteiger partial charge in [-0.1, -0.05) is 173 Å². The van der Waals surface area contributed by atoms with Gasteiger partial charge in [0.15, 0.2) is 0 Å². The summed E-state index contributed by atoms with van der Waals surface area (Å²) in [5.74, 6) is -0.879. The SMILES string of the molecule is CCCCCCCCCCCCCCCCCCCCCCCCCCO.O=C(O)c1ccccc1. The lowest BCUT2D eigenvalue weighted by Crippen LogP contribution is -1.93. The van der Waals surface area contributed by atoms with E-state index in [0.717, 1.165) is 6.42 Å². The van der Waals surface area contributed by atoms with Crippen LogP contribution in [0.15, 0.2) is 30.3 Å². The van der Waals surface area contributed by atoms with Crippen molar-refractivity contribution in [1.82, 2.24) is 0 Å². The van der Waals surface area contributed by atoms with E-state index in [-0.39, 0.29) is 0 Å². The molecule has 3 nitrogen and oxygen atoms in total. The minimum atomic E-state index is -0.879. The van der Waals surface area contributed by atoms with Crippen LogP contribution in [0.3, 0.4) is 0 Å². The molecule has 0 spiro atoms. The van der Waals surface area contributed by atoms with Gasteiger partial charge in [0.25, 0.3) is 0 Å². The minimum Gasteiger partial charge on any atom is -0.478 e. The van der Waals surface area contributed by atoms with Gasteiger partial charge in [-0.3, -0.25) is 0 Å². The molecule has 0 heterocycles. The number of benzene rings is 1. The number of aliphatic hydroxyl groups is 1. The average molecular weight is 505 g/mol. The van der Waals surface area contributed by atoms with E-state index >= 15 is 0 Å². The fourth-order valence-electron chi connectivity index (χ4n) is 4.65. The first-order valence-corrected chi connectivity index (χ1v) is 15.6. The first-order valence-electron chi connectivity index (χ1n) is 15.6. The van der Waals surface area contributed by atoms with Crippen LogP contribution < -0.4 is 0 Å². The van der Waals surface area contributed by atoms with Crippen LogP contribution in [0.25, 0.3) is 0 Å². The minimum absolute atomic E-state index is 0.331. The summed E-state index contributed by atoms with van der Waals surface area (Å²) in [4.78, 5) is 10.2. The van der Waals surface area contributed by atoms with Gasteiger partial charge in [0, 0.05) is 6.61 Å². The summed E-state index contributed by atoms with van der Waals surface area (Å²) in [7, 11) is 0. The number of aliphatic hydroxyl groups excluding tert-OH is 1. The zero-order valence-electron chi connectivity index (χ0n) is 23.9. The number of unbranched alkanes of at least 4 members (excludes halogenated alkanes) is 23. The van der Waals surface area contributed by atoms with Gasteiger partial charge in [-0.15, -0.1) is 0 Å². The summed E-state index contributed by atoms with van der Waals surface area (Å²) in [5, 5.41) is 17.1. The zero-order chi connectivity index (χ0) is 26.4. The lowest BCUT2D eigenvalue weighted by Gasteiger charge is -2.04. The van der Waals surface area contributed by atoms with Crippen LogP contribution in [0.5, 0.6) is 0 Å². The fourth-order valence-corrected chi connectivity index (χ4v) is 4.65. The zero-order valence-corrected chi connectivity index (χ0v) is 23.9. The normalized spacial score (nSPS) is 10.7. The average Bonchev–Trinajstić information content (AvgIpc) is 2.90. The molecule has 3 heteroatoms. The highest BCUT2D eigenvalue weighted by atomic mass is 16.4. The number of rotatable bonds is 25. The summed E-state index contributed by atoms with van der Waals surface area (Å²) in [6.45, 7) is 2.67. The van der Waals surface area contributed by atoms with E-state index in [9.17, 15) is 4.79 Å². The van der Waals surface area contributed by atoms with Crippen LogP contribution >= 0.6 is 0 Å². The largest absolute Gasteiger partial charge is 0.478 e. The van der Waals surface area contributed by atoms with E-state index in [1.54, 1.807) is 30.3 Å². The third kappa shape index (κ3) is 27.2. The lowest BCUT2D eigenvalue weighted by atomic mass is 10.0. The molecule has 2 N–H and O–H groups in total. The summed E-state index contributed by atoms with van der Waals surface area (Å²) in [5.41, 5.74) is 0.331. The number of carboxylic acids is 1. The Kier molecular flexibility index (Phi) is 28.8. The van der Waals surface area contributed by atoms with Crippen molar-refractivity contribution in [2.75, 3.05) is 6.61 Å². The molecule has 0 aliphatic carbocycles. The van der Waals surface area contributed by atoms with Crippen molar-refractivity contribution >= 4 is 5.97 Å². The quantitative estimate of drug-likeness (QED) is 0.130. The molecular weight excluding hydrogens is 444 g/mol. The van der Waals surface area contributed by atoms with Crippen molar-refractivity contribution in [3.8, 4) is 0 Å². The second-order valence-electron chi connectivity index (χ2n) is 10.5. The first kappa shape index (κ1) is 34.6. The molecule has 1 rings (SSSR count). The molecule has 1 aromatic rings. The molecule has 0 aromatic heterocycles. The molecule has 0 radical (unpaired) electrons. The maximum Gasteiger partial charge on any atom is 0.335 e. The molecule has 0 amide bonds. The van der Waals surface area contributed by atoms with Gasteiger partial charge in [0.05, 0.1) is 5.56 Å². The van der Waals surface area contributed by atoms with Gasteiger partial charge in [-0.25, -0.2) is 4.79 Å². The molecule has 36 heavy (non-hydrogen) atoms. The number of hydrogen-bond donors (Lipinski definition) is 2. The molecule has 0 fully saturated rings. The predicted octanol–water partition coefficient (Wildman–Crippen LogP) is 10.7. The fraction of sp³-hybridized carbons (Fsp3) is 0.788. The summed E-state index contributed by atoms with van der Waals surface area (Å²) in [6, 6.07) is 8.30. The highest BCUT2D eigenvalue weighted by Gasteiger charge is 1.97. The van der Waals surface area contributed by atoms with Crippen molar-refractivity contribution in [1.29, 1.82) is 0 Å². The molecule has 0 unspecified atom stereocenters. The van der Waals surface area contributed by atoms with Crippen LogP contribution in [0.2, 0.25) is 0 Å². The van der Waals surface area contributed by atoms with Crippen LogP contribution in [0, 0.1) is 0 Å². The van der Waals surface area contributed by atoms with Gasteiger partial charge in [-0.05, 0) is 18.6 Å². The Labute approximate surface area is 224 Å². The second kappa shape index (κ2) is 29.9. The number of carboxylic acid groups (broad SMARTS) is 1. The molecule has 1 aromatic carbocycles. The predicted molar refractivity (Wildman–Crippen MR) is 157 cm³/mol. The standard InChI is InChI=1S/C26H54O.C7H6O2/c1-2-3-4-5-6-7-8-9-10-11-12-13-14-15-16-17-18-19-20-21-22-23-24-25-26-27;8-7(9)6-4-2-1-3-5-6/h27H,2-26H2,1H3;1-5H,(H,8,9).